The van der Waals surface area contributed by atoms with Crippen molar-refractivity contribution in [3.63, 3.8) is 0 Å². The van der Waals surface area contributed by atoms with Gasteiger partial charge >= 0.3 is 0 Å². The van der Waals surface area contributed by atoms with E-state index >= 15 is 0 Å². The molecule has 0 atom stereocenters. The molecule has 0 unspecified atom stereocenters. The monoisotopic (exact) mass is 170 g/mol. The molecule has 1 aromatic rings. The maximum atomic E-state index is 8.18. The fourth-order valence-corrected chi connectivity index (χ4v) is 0.683. The lowest BCUT2D eigenvalue weighted by atomic mass is 10.4. The van der Waals surface area contributed by atoms with Crippen LogP contribution < -0.4 is 11.1 Å². The zero-order valence-corrected chi connectivity index (χ0v) is 6.40. The van der Waals surface area contributed by atoms with Crippen LogP contribution in [0.5, 0.6) is 0 Å². The van der Waals surface area contributed by atoms with Gasteiger partial charge in [-0.05, 0) is 0 Å². The molecule has 6 nitrogen and oxygen atoms in total. The summed E-state index contributed by atoms with van der Waals surface area (Å²) in [6, 6.07) is 1.74. The fraction of sp³-hybridized carbons (Fsp3) is 0.333. The molecule has 12 heavy (non-hydrogen) atoms. The van der Waals surface area contributed by atoms with Crippen molar-refractivity contribution in [1.82, 2.24) is 10.5 Å². The predicted molar refractivity (Wildman–Crippen MR) is 41.6 cm³/mol. The predicted octanol–water partition coefficient (Wildman–Crippen LogP) is -0.489. The van der Waals surface area contributed by atoms with Crippen molar-refractivity contribution in [2.45, 2.75) is 6.54 Å². The number of rotatable bonds is 4. The Kier molecular flexibility index (Phi) is 3.09. The summed E-state index contributed by atoms with van der Waals surface area (Å²) in [6.45, 7) is 0.857. The minimum atomic E-state index is 0.137. The first-order valence-corrected chi connectivity index (χ1v) is 3.39. The van der Waals surface area contributed by atoms with Crippen molar-refractivity contribution in [3.05, 3.63) is 18.0 Å². The van der Waals surface area contributed by atoms with Gasteiger partial charge in [-0.15, -0.1) is 0 Å². The van der Waals surface area contributed by atoms with E-state index in [4.69, 9.17) is 10.9 Å². The molecule has 6 heteroatoms. The summed E-state index contributed by atoms with van der Waals surface area (Å²) in [4.78, 5) is 0. The van der Waals surface area contributed by atoms with E-state index < -0.39 is 0 Å². The Hall–Kier alpha value is -1.56. The molecular weight excluding hydrogens is 160 g/mol. The van der Waals surface area contributed by atoms with Crippen LogP contribution in [0.2, 0.25) is 0 Å². The number of oxime groups is 1. The lowest BCUT2D eigenvalue weighted by molar-refractivity contribution is 0.317. The summed E-state index contributed by atoms with van der Waals surface area (Å²) in [5.74, 6) is 0.137. The first-order valence-electron chi connectivity index (χ1n) is 3.39. The number of nitrogens with zero attached hydrogens (tertiary/aromatic N) is 2. The highest BCUT2D eigenvalue weighted by Gasteiger charge is 1.96. The van der Waals surface area contributed by atoms with E-state index in [0.717, 1.165) is 5.69 Å². The molecule has 0 saturated carbocycles. The number of aromatic nitrogens is 1. The second kappa shape index (κ2) is 4.35. The van der Waals surface area contributed by atoms with E-state index in [1.54, 1.807) is 6.07 Å². The summed E-state index contributed by atoms with van der Waals surface area (Å²) in [6.07, 6.45) is 1.49. The van der Waals surface area contributed by atoms with Crippen LogP contribution in [0.1, 0.15) is 5.69 Å². The van der Waals surface area contributed by atoms with Crippen LogP contribution in [0.25, 0.3) is 0 Å². The Bertz CT molecular complexity index is 244. The minimum absolute atomic E-state index is 0.137. The third-order valence-electron chi connectivity index (χ3n) is 1.23. The van der Waals surface area contributed by atoms with Crippen molar-refractivity contribution in [1.29, 1.82) is 0 Å². The van der Waals surface area contributed by atoms with Crippen molar-refractivity contribution < 1.29 is 9.73 Å². The van der Waals surface area contributed by atoms with Crippen LogP contribution in [0.3, 0.4) is 0 Å². The molecule has 0 aliphatic heterocycles. The molecule has 0 saturated heterocycles. The highest BCUT2D eigenvalue weighted by Crippen LogP contribution is 1.91. The number of nitrogens with one attached hydrogen (secondary N) is 1. The molecule has 0 aliphatic carbocycles. The average Bonchev–Trinajstić information content (AvgIpc) is 2.57. The molecule has 0 radical (unpaired) electrons. The molecule has 1 rings (SSSR count). The Morgan fingerprint density at radius 1 is 1.83 bits per heavy atom. The van der Waals surface area contributed by atoms with Crippen molar-refractivity contribution >= 4 is 5.84 Å². The van der Waals surface area contributed by atoms with Gasteiger partial charge in [0.1, 0.15) is 6.26 Å². The molecule has 1 aromatic heterocycles. The number of amidine groups is 1. The second-order valence-corrected chi connectivity index (χ2v) is 2.19. The molecule has 66 valence electrons. The third-order valence-corrected chi connectivity index (χ3v) is 1.23. The van der Waals surface area contributed by atoms with Gasteiger partial charge in [0.2, 0.25) is 0 Å². The van der Waals surface area contributed by atoms with Crippen molar-refractivity contribution in [3.8, 4) is 0 Å². The Balaban J connectivity index is 2.19. The zero-order valence-electron chi connectivity index (χ0n) is 6.40. The Labute approximate surface area is 69.0 Å². The van der Waals surface area contributed by atoms with Gasteiger partial charge in [0.05, 0.1) is 12.2 Å². The largest absolute Gasteiger partial charge is 0.409 e. The van der Waals surface area contributed by atoms with Gasteiger partial charge in [0, 0.05) is 12.6 Å². The van der Waals surface area contributed by atoms with Crippen LogP contribution in [0, 0.1) is 0 Å². The molecule has 0 aromatic carbocycles. The summed E-state index contributed by atoms with van der Waals surface area (Å²) in [7, 11) is 0. The first-order chi connectivity index (χ1) is 5.83. The van der Waals surface area contributed by atoms with Crippen LogP contribution >= 0.6 is 0 Å². The van der Waals surface area contributed by atoms with Gasteiger partial charge in [-0.3, -0.25) is 0 Å². The molecule has 0 fully saturated rings. The topological polar surface area (TPSA) is 96.7 Å². The molecule has 0 spiro atoms. The van der Waals surface area contributed by atoms with E-state index in [1.807, 2.05) is 0 Å². The van der Waals surface area contributed by atoms with Crippen molar-refractivity contribution in [2.24, 2.45) is 10.9 Å². The van der Waals surface area contributed by atoms with E-state index in [2.05, 4.69) is 20.2 Å². The summed E-state index contributed by atoms with van der Waals surface area (Å²) in [5, 5.41) is 17.5. The van der Waals surface area contributed by atoms with Gasteiger partial charge in [0.15, 0.2) is 5.84 Å². The summed E-state index contributed by atoms with van der Waals surface area (Å²) < 4.78 is 4.60. The van der Waals surface area contributed by atoms with Gasteiger partial charge in [-0.1, -0.05) is 10.3 Å². The number of hydrogen-bond donors (Lipinski definition) is 3. The maximum Gasteiger partial charge on any atom is 0.153 e. The number of hydrogen-bond acceptors (Lipinski definition) is 5. The molecule has 1 heterocycles. The van der Waals surface area contributed by atoms with Crippen LogP contribution in [-0.4, -0.2) is 22.7 Å². The standard InChI is InChI=1S/C6H10N4O2/c7-6(9-11)4-8-3-5-1-2-12-10-5/h1-2,8,11H,3-4H2,(H2,7,9). The molecule has 4 N–H and O–H groups in total. The third kappa shape index (κ3) is 2.59. The SMILES string of the molecule is N/C(CNCc1ccon1)=N/O. The van der Waals surface area contributed by atoms with Crippen LogP contribution in [0.15, 0.2) is 22.0 Å². The lowest BCUT2D eigenvalue weighted by Crippen LogP contribution is -2.28. The van der Waals surface area contributed by atoms with E-state index in [1.165, 1.54) is 6.26 Å². The average molecular weight is 170 g/mol. The van der Waals surface area contributed by atoms with Gasteiger partial charge < -0.3 is 20.8 Å². The normalized spacial score (nSPS) is 11.8. The smallest absolute Gasteiger partial charge is 0.153 e. The van der Waals surface area contributed by atoms with Gasteiger partial charge in [0.25, 0.3) is 0 Å². The quantitative estimate of drug-likeness (QED) is 0.245. The van der Waals surface area contributed by atoms with Gasteiger partial charge in [-0.25, -0.2) is 0 Å². The molecule has 0 bridgehead atoms. The molecular formula is C6H10N4O2. The van der Waals surface area contributed by atoms with E-state index in [9.17, 15) is 0 Å². The van der Waals surface area contributed by atoms with Crippen LogP contribution in [0.4, 0.5) is 0 Å². The van der Waals surface area contributed by atoms with Gasteiger partial charge in [-0.2, -0.15) is 0 Å². The molecule has 0 amide bonds. The van der Waals surface area contributed by atoms with E-state index in [-0.39, 0.29) is 5.84 Å². The summed E-state index contributed by atoms with van der Waals surface area (Å²) in [5.41, 5.74) is 5.98. The highest BCUT2D eigenvalue weighted by atomic mass is 16.5. The minimum Gasteiger partial charge on any atom is -0.409 e. The maximum absolute atomic E-state index is 8.18. The lowest BCUT2D eigenvalue weighted by Gasteiger charge is -1.98. The van der Waals surface area contributed by atoms with E-state index in [0.29, 0.717) is 13.1 Å². The fourth-order valence-electron chi connectivity index (χ4n) is 0.683. The highest BCUT2D eigenvalue weighted by molar-refractivity contribution is 5.81. The first kappa shape index (κ1) is 8.54. The molecule has 0 aliphatic rings. The summed E-state index contributed by atoms with van der Waals surface area (Å²) >= 11 is 0. The van der Waals surface area contributed by atoms with Crippen molar-refractivity contribution in [2.75, 3.05) is 6.54 Å². The second-order valence-electron chi connectivity index (χ2n) is 2.19. The zero-order chi connectivity index (χ0) is 8.81. The Morgan fingerprint density at radius 3 is 3.25 bits per heavy atom. The number of nitrogens with two attached hydrogens (primary N) is 1. The van der Waals surface area contributed by atoms with Crippen LogP contribution in [-0.2, 0) is 6.54 Å². The Morgan fingerprint density at radius 2 is 2.67 bits per heavy atom.